The molecule has 3 saturated carbocycles. The van der Waals surface area contributed by atoms with E-state index in [4.69, 9.17) is 4.74 Å². The molecule has 1 atom stereocenters. The average molecular weight is 576 g/mol. The summed E-state index contributed by atoms with van der Waals surface area (Å²) in [7, 11) is 0. The van der Waals surface area contributed by atoms with Gasteiger partial charge in [-0.1, -0.05) is 13.0 Å². The zero-order chi connectivity index (χ0) is 29.6. The second kappa shape index (κ2) is 10.6. The molecule has 2 amide bonds. The van der Waals surface area contributed by atoms with Gasteiger partial charge in [-0.15, -0.1) is 0 Å². The Morgan fingerprint density at radius 2 is 1.83 bits per heavy atom. The Hall–Kier alpha value is -4.15. The van der Waals surface area contributed by atoms with E-state index < -0.39 is 23.7 Å². The van der Waals surface area contributed by atoms with Gasteiger partial charge in [-0.25, -0.2) is 13.9 Å². The number of nitrogens with one attached hydrogen (secondary N) is 2. The van der Waals surface area contributed by atoms with Gasteiger partial charge in [-0.2, -0.15) is 5.10 Å². The topological polar surface area (TPSA) is 132 Å². The number of carbonyl (C=O) groups is 4. The summed E-state index contributed by atoms with van der Waals surface area (Å²) in [4.78, 5) is 55.4. The first kappa shape index (κ1) is 28.0. The highest BCUT2D eigenvalue weighted by Gasteiger charge is 2.47. The van der Waals surface area contributed by atoms with Crippen molar-refractivity contribution in [1.29, 1.82) is 0 Å². The van der Waals surface area contributed by atoms with E-state index in [0.717, 1.165) is 60.4 Å². The monoisotopic (exact) mass is 575 g/mol. The Morgan fingerprint density at radius 1 is 1.10 bits per heavy atom. The maximum Gasteiger partial charge on any atom is 0.270 e. The highest BCUT2D eigenvalue weighted by molar-refractivity contribution is 6.00. The molecule has 4 aliphatic rings. The highest BCUT2D eigenvalue weighted by atomic mass is 19.1. The normalized spacial score (nSPS) is 23.6. The van der Waals surface area contributed by atoms with Crippen LogP contribution >= 0.6 is 0 Å². The minimum absolute atomic E-state index is 0.00867. The van der Waals surface area contributed by atoms with Crippen molar-refractivity contribution in [3.05, 3.63) is 58.8 Å². The Morgan fingerprint density at radius 3 is 2.57 bits per heavy atom. The van der Waals surface area contributed by atoms with Gasteiger partial charge >= 0.3 is 0 Å². The van der Waals surface area contributed by atoms with E-state index in [1.165, 1.54) is 6.07 Å². The van der Waals surface area contributed by atoms with E-state index in [-0.39, 0.29) is 53.6 Å². The number of ether oxygens (including phenoxy) is 1. The molecule has 2 N–H and O–H groups in total. The zero-order valence-corrected chi connectivity index (χ0v) is 23.8. The molecule has 0 unspecified atom stereocenters. The number of nitrogens with zero attached hydrogens (tertiary/aromatic N) is 3. The summed E-state index contributed by atoms with van der Waals surface area (Å²) in [5, 5.41) is 9.39. The molecular weight excluding hydrogens is 541 g/mol. The van der Waals surface area contributed by atoms with Crippen molar-refractivity contribution in [3.8, 4) is 5.75 Å². The molecule has 0 saturated heterocycles. The van der Waals surface area contributed by atoms with Crippen LogP contribution in [0.25, 0.3) is 5.65 Å². The molecule has 1 aromatic carbocycles. The maximum absolute atomic E-state index is 14.5. The number of hydrogen-bond donors (Lipinski definition) is 2. The lowest BCUT2D eigenvalue weighted by Gasteiger charge is -2.52. The lowest BCUT2D eigenvalue weighted by Crippen LogP contribution is -2.45. The molecule has 1 aliphatic heterocycles. The number of aromatic nitrogens is 3. The van der Waals surface area contributed by atoms with Crippen LogP contribution in [0.3, 0.4) is 0 Å². The van der Waals surface area contributed by atoms with Gasteiger partial charge in [0.05, 0.1) is 12.2 Å². The minimum atomic E-state index is -0.789. The Labute approximate surface area is 242 Å². The van der Waals surface area contributed by atoms with Gasteiger partial charge in [-0.05, 0) is 74.0 Å². The van der Waals surface area contributed by atoms with Crippen molar-refractivity contribution in [2.45, 2.75) is 77.8 Å². The second-order valence-corrected chi connectivity index (χ2v) is 12.5. The SMILES string of the molecule is C[C@H](NC(=O)c1cc(C(=O)NCc2ccc3c(c2)CC(=O)CO3)nc2c(F)cnn12)C(=O)CC12CCC(C)(CC1)CC2. The van der Waals surface area contributed by atoms with Crippen LogP contribution in [0, 0.1) is 16.6 Å². The van der Waals surface area contributed by atoms with Gasteiger partial charge in [0.1, 0.15) is 23.7 Å². The second-order valence-electron chi connectivity index (χ2n) is 12.5. The number of rotatable bonds is 8. The van der Waals surface area contributed by atoms with E-state index in [1.54, 1.807) is 25.1 Å². The zero-order valence-electron chi connectivity index (χ0n) is 23.8. The summed E-state index contributed by atoms with van der Waals surface area (Å²) in [5.41, 5.74) is 1.33. The number of halogens is 1. The Kier molecular flexibility index (Phi) is 7.06. The van der Waals surface area contributed by atoms with Crippen LogP contribution in [-0.2, 0) is 22.6 Å². The fraction of sp³-hybridized carbons (Fsp3) is 0.484. The molecular formula is C31H34FN5O5. The fourth-order valence-corrected chi connectivity index (χ4v) is 6.52. The Bertz CT molecular complexity index is 1590. The van der Waals surface area contributed by atoms with Crippen molar-refractivity contribution in [2.75, 3.05) is 6.61 Å². The van der Waals surface area contributed by atoms with Crippen LogP contribution in [0.15, 0.2) is 30.5 Å². The number of fused-ring (bicyclic) bond motifs is 5. The van der Waals surface area contributed by atoms with Crippen LogP contribution < -0.4 is 15.4 Å². The first-order valence-corrected chi connectivity index (χ1v) is 14.5. The third kappa shape index (κ3) is 5.39. The predicted molar refractivity (Wildman–Crippen MR) is 150 cm³/mol. The molecule has 2 aromatic heterocycles. The van der Waals surface area contributed by atoms with E-state index >= 15 is 0 Å². The predicted octanol–water partition coefficient (Wildman–Crippen LogP) is 3.74. The molecule has 7 rings (SSSR count). The van der Waals surface area contributed by atoms with Gasteiger partial charge in [0.25, 0.3) is 11.8 Å². The third-order valence-electron chi connectivity index (χ3n) is 9.40. The van der Waals surface area contributed by atoms with E-state index in [0.29, 0.717) is 17.6 Å². The smallest absolute Gasteiger partial charge is 0.270 e. The number of amides is 2. The first-order chi connectivity index (χ1) is 20.0. The van der Waals surface area contributed by atoms with Gasteiger partial charge in [0, 0.05) is 31.0 Å². The minimum Gasteiger partial charge on any atom is -0.486 e. The van der Waals surface area contributed by atoms with Crippen molar-refractivity contribution in [2.24, 2.45) is 10.8 Å². The third-order valence-corrected chi connectivity index (χ3v) is 9.40. The van der Waals surface area contributed by atoms with Crippen molar-refractivity contribution < 1.29 is 28.3 Å². The number of hydrogen-bond acceptors (Lipinski definition) is 7. The van der Waals surface area contributed by atoms with Crippen molar-refractivity contribution in [1.82, 2.24) is 25.2 Å². The summed E-state index contributed by atoms with van der Waals surface area (Å²) >= 11 is 0. The first-order valence-electron chi connectivity index (χ1n) is 14.5. The number of benzene rings is 1. The lowest BCUT2D eigenvalue weighted by atomic mass is 9.53. The number of carbonyl (C=O) groups excluding carboxylic acids is 4. The molecule has 42 heavy (non-hydrogen) atoms. The van der Waals surface area contributed by atoms with Crippen LogP contribution in [-0.4, -0.2) is 50.6 Å². The summed E-state index contributed by atoms with van der Waals surface area (Å²) in [6.45, 7) is 4.14. The number of ketones is 2. The maximum atomic E-state index is 14.5. The number of Topliss-reactive ketones (excluding diaryl/α,β-unsaturated/α-hetero) is 2. The molecule has 2 bridgehead atoms. The van der Waals surface area contributed by atoms with Gasteiger partial charge in [0.2, 0.25) is 0 Å². The summed E-state index contributed by atoms with van der Waals surface area (Å²) in [6, 6.07) is 5.79. The average Bonchev–Trinajstić information content (AvgIpc) is 3.36. The van der Waals surface area contributed by atoms with Crippen LogP contribution in [0.4, 0.5) is 4.39 Å². The summed E-state index contributed by atoms with van der Waals surface area (Å²) in [6.07, 6.45) is 8.09. The summed E-state index contributed by atoms with van der Waals surface area (Å²) < 4.78 is 21.0. The van der Waals surface area contributed by atoms with Crippen LogP contribution in [0.5, 0.6) is 5.75 Å². The quantitative estimate of drug-likeness (QED) is 0.418. The molecule has 3 aromatic rings. The molecule has 220 valence electrons. The van der Waals surface area contributed by atoms with E-state index in [9.17, 15) is 23.6 Å². The highest BCUT2D eigenvalue weighted by Crippen LogP contribution is 2.58. The van der Waals surface area contributed by atoms with E-state index in [1.807, 2.05) is 0 Å². The standard InChI is InChI=1S/C31H34FN5O5/c1-18(25(39)14-31-8-5-30(2,6-9-31)7-10-31)35-29(41)24-13-23(36-27-22(32)16-34-37(24)27)28(40)33-15-19-3-4-26-20(11-19)12-21(38)17-42-26/h3-4,11,13,16,18H,5-10,12,14-15,17H2,1-2H3,(H,33,40)(H,35,41)/t18-,30?,31?/m0/s1. The molecule has 0 radical (unpaired) electrons. The largest absolute Gasteiger partial charge is 0.486 e. The van der Waals surface area contributed by atoms with Crippen LogP contribution in [0.2, 0.25) is 0 Å². The lowest BCUT2D eigenvalue weighted by molar-refractivity contribution is -0.126. The van der Waals surface area contributed by atoms with Gasteiger partial charge in [-0.3, -0.25) is 19.2 Å². The van der Waals surface area contributed by atoms with Crippen LogP contribution in [0.1, 0.15) is 90.9 Å². The molecule has 10 nitrogen and oxygen atoms in total. The molecule has 3 aliphatic carbocycles. The molecule has 3 heterocycles. The Balaban J connectivity index is 1.15. The van der Waals surface area contributed by atoms with E-state index in [2.05, 4.69) is 27.6 Å². The van der Waals surface area contributed by atoms with Crippen molar-refractivity contribution >= 4 is 29.0 Å². The van der Waals surface area contributed by atoms with Gasteiger partial charge < -0.3 is 15.4 Å². The molecule has 11 heteroatoms. The van der Waals surface area contributed by atoms with Crippen molar-refractivity contribution in [3.63, 3.8) is 0 Å². The molecule has 0 spiro atoms. The van der Waals surface area contributed by atoms with Gasteiger partial charge in [0.15, 0.2) is 23.0 Å². The fourth-order valence-electron chi connectivity index (χ4n) is 6.52. The summed E-state index contributed by atoms with van der Waals surface area (Å²) in [5.74, 6) is -1.50. The molecule has 3 fully saturated rings.